The molecule has 1 atom stereocenters. The molecule has 2 amide bonds. The first-order valence-corrected chi connectivity index (χ1v) is 8.47. The number of fused-ring (bicyclic) bond motifs is 1. The fourth-order valence-electron chi connectivity index (χ4n) is 2.78. The summed E-state index contributed by atoms with van der Waals surface area (Å²) in [5, 5.41) is 5.48. The molecule has 3 rings (SSSR count). The van der Waals surface area contributed by atoms with Gasteiger partial charge in [-0.3, -0.25) is 0 Å². The van der Waals surface area contributed by atoms with Crippen molar-refractivity contribution in [3.63, 3.8) is 0 Å². The molecule has 1 aliphatic heterocycles. The van der Waals surface area contributed by atoms with Gasteiger partial charge in [0.2, 0.25) is 0 Å². The predicted octanol–water partition coefficient (Wildman–Crippen LogP) is 2.66. The lowest BCUT2D eigenvalue weighted by molar-refractivity contribution is 0.208. The third-order valence-corrected chi connectivity index (χ3v) is 4.06. The summed E-state index contributed by atoms with van der Waals surface area (Å²) in [4.78, 5) is 12.0. The lowest BCUT2D eigenvalue weighted by Gasteiger charge is -2.27. The van der Waals surface area contributed by atoms with Gasteiger partial charge in [0.1, 0.15) is 19.0 Å². The van der Waals surface area contributed by atoms with Crippen LogP contribution in [0.1, 0.15) is 5.56 Å². The minimum absolute atomic E-state index is 0.125. The van der Waals surface area contributed by atoms with E-state index in [9.17, 15) is 13.6 Å². The smallest absolute Gasteiger partial charge is 0.315 e. The van der Waals surface area contributed by atoms with Gasteiger partial charge in [0.25, 0.3) is 0 Å². The zero-order chi connectivity index (χ0) is 19.2. The van der Waals surface area contributed by atoms with Crippen molar-refractivity contribution in [1.82, 2.24) is 10.6 Å². The molecule has 0 aromatic heterocycles. The van der Waals surface area contributed by atoms with E-state index in [0.717, 1.165) is 17.7 Å². The maximum Gasteiger partial charge on any atom is 0.315 e. The van der Waals surface area contributed by atoms with Crippen molar-refractivity contribution in [2.75, 3.05) is 26.9 Å². The van der Waals surface area contributed by atoms with Crippen LogP contribution < -0.4 is 24.8 Å². The third-order valence-electron chi connectivity index (χ3n) is 4.06. The molecule has 6 nitrogen and oxygen atoms in total. The van der Waals surface area contributed by atoms with Crippen molar-refractivity contribution in [2.45, 2.75) is 12.5 Å². The molecule has 1 heterocycles. The molecule has 0 saturated carbocycles. The molecule has 1 unspecified atom stereocenters. The third kappa shape index (κ3) is 4.78. The van der Waals surface area contributed by atoms with Crippen LogP contribution in [0.3, 0.4) is 0 Å². The van der Waals surface area contributed by atoms with Crippen molar-refractivity contribution in [1.29, 1.82) is 0 Å². The molecule has 2 N–H and O–H groups in total. The van der Waals surface area contributed by atoms with Gasteiger partial charge in [0.05, 0.1) is 19.7 Å². The number of rotatable bonds is 6. The first-order chi connectivity index (χ1) is 13.1. The summed E-state index contributed by atoms with van der Waals surface area (Å²) in [5.41, 5.74) is 0.965. The molecule has 2 aromatic carbocycles. The number of carbonyl (C=O) groups excluding carboxylic acids is 1. The molecule has 1 aliphatic rings. The highest BCUT2D eigenvalue weighted by Crippen LogP contribution is 2.34. The van der Waals surface area contributed by atoms with Gasteiger partial charge in [0, 0.05) is 11.6 Å². The molecule has 0 aliphatic carbocycles. The van der Waals surface area contributed by atoms with Gasteiger partial charge in [-0.2, -0.15) is 0 Å². The van der Waals surface area contributed by atoms with Gasteiger partial charge in [-0.05, 0) is 24.6 Å². The molecule has 8 heteroatoms. The maximum atomic E-state index is 13.1. The van der Waals surface area contributed by atoms with Crippen LogP contribution in [0.5, 0.6) is 17.2 Å². The number of para-hydroxylation sites is 1. The summed E-state index contributed by atoms with van der Waals surface area (Å²) >= 11 is 0. The van der Waals surface area contributed by atoms with Crippen LogP contribution in [0, 0.1) is 11.6 Å². The first-order valence-electron chi connectivity index (χ1n) is 8.47. The number of benzene rings is 2. The van der Waals surface area contributed by atoms with Crippen molar-refractivity contribution in [3.8, 4) is 17.2 Å². The highest BCUT2D eigenvalue weighted by atomic mass is 19.2. The highest BCUT2D eigenvalue weighted by molar-refractivity contribution is 5.74. The number of methoxy groups -OCH3 is 1. The van der Waals surface area contributed by atoms with Gasteiger partial charge in [-0.25, -0.2) is 13.6 Å². The SMILES string of the molecule is COc1cccc2c1OCC(NC(=O)NCCOc1ccc(F)c(F)c1)C2. The second kappa shape index (κ2) is 8.57. The van der Waals surface area contributed by atoms with Crippen molar-refractivity contribution in [3.05, 3.63) is 53.6 Å². The minimum atomic E-state index is -0.979. The van der Waals surface area contributed by atoms with E-state index in [1.54, 1.807) is 7.11 Å². The molecule has 144 valence electrons. The average Bonchev–Trinajstić information content (AvgIpc) is 2.67. The Kier molecular flexibility index (Phi) is 5.95. The van der Waals surface area contributed by atoms with Gasteiger partial charge >= 0.3 is 6.03 Å². The topological polar surface area (TPSA) is 68.8 Å². The zero-order valence-corrected chi connectivity index (χ0v) is 14.8. The molecule has 0 saturated heterocycles. The van der Waals surface area contributed by atoms with E-state index >= 15 is 0 Å². The summed E-state index contributed by atoms with van der Waals surface area (Å²) in [5.74, 6) is -0.341. The van der Waals surface area contributed by atoms with Crippen LogP contribution in [0.15, 0.2) is 36.4 Å². The highest BCUT2D eigenvalue weighted by Gasteiger charge is 2.23. The second-order valence-corrected chi connectivity index (χ2v) is 5.99. The largest absolute Gasteiger partial charge is 0.493 e. The van der Waals surface area contributed by atoms with E-state index in [-0.39, 0.29) is 31.0 Å². The Bertz CT molecular complexity index is 816. The maximum absolute atomic E-state index is 13.1. The number of urea groups is 1. The number of hydrogen-bond donors (Lipinski definition) is 2. The lowest BCUT2D eigenvalue weighted by Crippen LogP contribution is -2.48. The monoisotopic (exact) mass is 378 g/mol. The van der Waals surface area contributed by atoms with Gasteiger partial charge in [0.15, 0.2) is 23.1 Å². The predicted molar refractivity (Wildman–Crippen MR) is 94.4 cm³/mol. The van der Waals surface area contributed by atoms with E-state index in [0.29, 0.717) is 24.5 Å². The normalized spacial score (nSPS) is 15.3. The molecule has 0 fully saturated rings. The fourth-order valence-corrected chi connectivity index (χ4v) is 2.78. The summed E-state index contributed by atoms with van der Waals surface area (Å²) < 4.78 is 42.1. The lowest BCUT2D eigenvalue weighted by atomic mass is 10.0. The van der Waals surface area contributed by atoms with Crippen LogP contribution in [0.2, 0.25) is 0 Å². The molecular weight excluding hydrogens is 358 g/mol. The van der Waals surface area contributed by atoms with Gasteiger partial charge < -0.3 is 24.8 Å². The number of ether oxygens (including phenoxy) is 3. The van der Waals surface area contributed by atoms with Crippen LogP contribution in [0.25, 0.3) is 0 Å². The Morgan fingerprint density at radius 2 is 2.11 bits per heavy atom. The number of carbonyl (C=O) groups is 1. The average molecular weight is 378 g/mol. The second-order valence-electron chi connectivity index (χ2n) is 5.99. The number of amides is 2. The Hall–Kier alpha value is -3.03. The first kappa shape index (κ1) is 18.8. The molecule has 0 spiro atoms. The molecule has 0 bridgehead atoms. The van der Waals surface area contributed by atoms with Crippen molar-refractivity contribution >= 4 is 6.03 Å². The van der Waals surface area contributed by atoms with E-state index < -0.39 is 11.6 Å². The van der Waals surface area contributed by atoms with E-state index in [4.69, 9.17) is 14.2 Å². The van der Waals surface area contributed by atoms with Crippen LogP contribution in [-0.2, 0) is 6.42 Å². The van der Waals surface area contributed by atoms with Crippen LogP contribution in [-0.4, -0.2) is 38.9 Å². The summed E-state index contributed by atoms with van der Waals surface area (Å²) in [7, 11) is 1.58. The Labute approximate surface area is 155 Å². The quantitative estimate of drug-likeness (QED) is 0.759. The van der Waals surface area contributed by atoms with Crippen LogP contribution >= 0.6 is 0 Å². The fraction of sp³-hybridized carbons (Fsp3) is 0.316. The van der Waals surface area contributed by atoms with Crippen LogP contribution in [0.4, 0.5) is 13.6 Å². The standard InChI is InChI=1S/C19H20F2N2O4/c1-25-17-4-2-3-12-9-13(11-27-18(12)17)23-19(24)22-7-8-26-14-5-6-15(20)16(21)10-14/h2-6,10,13H,7-9,11H2,1H3,(H2,22,23,24). The minimum Gasteiger partial charge on any atom is -0.493 e. The van der Waals surface area contributed by atoms with Crippen molar-refractivity contribution in [2.24, 2.45) is 0 Å². The Morgan fingerprint density at radius 1 is 1.26 bits per heavy atom. The summed E-state index contributed by atoms with van der Waals surface area (Å²) in [6, 6.07) is 8.37. The van der Waals surface area contributed by atoms with Crippen molar-refractivity contribution < 1.29 is 27.8 Å². The number of halogens is 2. The molecule has 27 heavy (non-hydrogen) atoms. The van der Waals surface area contributed by atoms with E-state index in [1.807, 2.05) is 18.2 Å². The molecule has 2 aromatic rings. The summed E-state index contributed by atoms with van der Waals surface area (Å²) in [6.45, 7) is 0.675. The number of nitrogens with one attached hydrogen (secondary N) is 2. The zero-order valence-electron chi connectivity index (χ0n) is 14.8. The Morgan fingerprint density at radius 3 is 2.89 bits per heavy atom. The Balaban J connectivity index is 1.41. The van der Waals surface area contributed by atoms with E-state index in [1.165, 1.54) is 6.07 Å². The molecule has 0 radical (unpaired) electrons. The number of hydrogen-bond acceptors (Lipinski definition) is 4. The van der Waals surface area contributed by atoms with Gasteiger partial charge in [-0.1, -0.05) is 12.1 Å². The molecular formula is C19H20F2N2O4. The van der Waals surface area contributed by atoms with E-state index in [2.05, 4.69) is 10.6 Å². The van der Waals surface area contributed by atoms with Gasteiger partial charge in [-0.15, -0.1) is 0 Å². The summed E-state index contributed by atoms with van der Waals surface area (Å²) in [6.07, 6.45) is 0.630.